The molecule has 1 atom stereocenters. The lowest BCUT2D eigenvalue weighted by atomic mass is 10.0. The van der Waals surface area contributed by atoms with E-state index in [9.17, 15) is 4.79 Å². The van der Waals surface area contributed by atoms with Gasteiger partial charge in [-0.05, 0) is 6.07 Å². The Kier molecular flexibility index (Phi) is 4.82. The number of nitrogens with zero attached hydrogens (tertiary/aromatic N) is 6. The molecule has 136 valence electrons. The number of likely N-dealkylation sites (tertiary alicyclic amines) is 1. The van der Waals surface area contributed by atoms with Gasteiger partial charge < -0.3 is 14.5 Å². The zero-order valence-electron chi connectivity index (χ0n) is 14.8. The second-order valence-corrected chi connectivity index (χ2v) is 7.15. The van der Waals surface area contributed by atoms with Crippen molar-refractivity contribution in [3.63, 3.8) is 0 Å². The lowest BCUT2D eigenvalue weighted by Crippen LogP contribution is -2.64. The molecule has 3 saturated heterocycles. The molecule has 1 amide bonds. The maximum Gasteiger partial charge on any atom is 0.248 e. The van der Waals surface area contributed by atoms with Gasteiger partial charge in [-0.1, -0.05) is 0 Å². The molecule has 3 aliphatic rings. The number of amides is 1. The van der Waals surface area contributed by atoms with Crippen LogP contribution in [0.15, 0.2) is 18.5 Å². The maximum atomic E-state index is 11.5. The minimum Gasteiger partial charge on any atom is -0.365 e. The summed E-state index contributed by atoms with van der Waals surface area (Å²) in [6.45, 7) is 8.14. The predicted octanol–water partition coefficient (Wildman–Crippen LogP) is -0.860. The third-order valence-electron chi connectivity index (χ3n) is 5.41. The standard InChI is InChI=1S/C17H26N6O2/c1-20-11-15(25-13-16(20)24)12-21-9-14(10-21)22-5-7-23(8-6-22)17-18-3-2-4-19-17/h2-4,14-15H,5-13H2,1H3. The third kappa shape index (κ3) is 3.75. The molecule has 0 saturated carbocycles. The number of anilines is 1. The first-order valence-electron chi connectivity index (χ1n) is 9.03. The number of piperazine rings is 1. The summed E-state index contributed by atoms with van der Waals surface area (Å²) >= 11 is 0. The van der Waals surface area contributed by atoms with Gasteiger partial charge in [-0.15, -0.1) is 0 Å². The Labute approximate surface area is 148 Å². The molecule has 1 unspecified atom stereocenters. The average molecular weight is 346 g/mol. The number of hydrogen-bond donors (Lipinski definition) is 0. The van der Waals surface area contributed by atoms with Crippen LogP contribution in [-0.2, 0) is 9.53 Å². The van der Waals surface area contributed by atoms with Gasteiger partial charge in [0.25, 0.3) is 0 Å². The highest BCUT2D eigenvalue weighted by Crippen LogP contribution is 2.20. The number of ether oxygens (including phenoxy) is 1. The van der Waals surface area contributed by atoms with Gasteiger partial charge in [-0.3, -0.25) is 14.6 Å². The zero-order valence-corrected chi connectivity index (χ0v) is 14.8. The van der Waals surface area contributed by atoms with Gasteiger partial charge in [0.2, 0.25) is 11.9 Å². The third-order valence-corrected chi connectivity index (χ3v) is 5.41. The molecule has 0 radical (unpaired) electrons. The van der Waals surface area contributed by atoms with Crippen LogP contribution in [0.25, 0.3) is 0 Å². The Morgan fingerprint density at radius 3 is 2.52 bits per heavy atom. The van der Waals surface area contributed by atoms with E-state index >= 15 is 0 Å². The van der Waals surface area contributed by atoms with E-state index in [4.69, 9.17) is 4.74 Å². The first-order chi connectivity index (χ1) is 12.2. The van der Waals surface area contributed by atoms with Crippen LogP contribution in [0.2, 0.25) is 0 Å². The van der Waals surface area contributed by atoms with E-state index < -0.39 is 0 Å². The van der Waals surface area contributed by atoms with Gasteiger partial charge in [-0.2, -0.15) is 0 Å². The molecule has 0 aliphatic carbocycles. The van der Waals surface area contributed by atoms with Crippen LogP contribution in [0.4, 0.5) is 5.95 Å². The molecule has 0 spiro atoms. The quantitative estimate of drug-likeness (QED) is 0.703. The van der Waals surface area contributed by atoms with Crippen LogP contribution in [-0.4, -0.2) is 109 Å². The highest BCUT2D eigenvalue weighted by atomic mass is 16.5. The Hall–Kier alpha value is -1.77. The molecule has 1 aromatic rings. The number of aromatic nitrogens is 2. The summed E-state index contributed by atoms with van der Waals surface area (Å²) in [5.41, 5.74) is 0. The molecule has 25 heavy (non-hydrogen) atoms. The van der Waals surface area contributed by atoms with E-state index in [0.29, 0.717) is 12.6 Å². The van der Waals surface area contributed by atoms with E-state index in [1.54, 1.807) is 17.3 Å². The summed E-state index contributed by atoms with van der Waals surface area (Å²) in [4.78, 5) is 29.2. The summed E-state index contributed by atoms with van der Waals surface area (Å²) in [7, 11) is 1.85. The van der Waals surface area contributed by atoms with Crippen molar-refractivity contribution < 1.29 is 9.53 Å². The van der Waals surface area contributed by atoms with Crippen molar-refractivity contribution in [2.24, 2.45) is 0 Å². The molecule has 0 aromatic carbocycles. The van der Waals surface area contributed by atoms with Crippen molar-refractivity contribution in [3.05, 3.63) is 18.5 Å². The molecule has 4 rings (SSSR count). The molecule has 3 aliphatic heterocycles. The smallest absolute Gasteiger partial charge is 0.248 e. The van der Waals surface area contributed by atoms with Crippen molar-refractivity contribution in [1.29, 1.82) is 0 Å². The van der Waals surface area contributed by atoms with Gasteiger partial charge in [0.1, 0.15) is 6.61 Å². The molecular formula is C17H26N6O2. The van der Waals surface area contributed by atoms with Crippen LogP contribution in [0.5, 0.6) is 0 Å². The van der Waals surface area contributed by atoms with E-state index in [1.165, 1.54) is 0 Å². The normalized spacial score (nSPS) is 26.8. The molecule has 1 aromatic heterocycles. The van der Waals surface area contributed by atoms with Crippen molar-refractivity contribution in [1.82, 2.24) is 24.7 Å². The number of carbonyl (C=O) groups is 1. The Balaban J connectivity index is 1.18. The van der Waals surface area contributed by atoms with Crippen LogP contribution in [0.3, 0.4) is 0 Å². The van der Waals surface area contributed by atoms with Gasteiger partial charge in [0.15, 0.2) is 0 Å². The first-order valence-corrected chi connectivity index (χ1v) is 9.03. The molecule has 0 bridgehead atoms. The fraction of sp³-hybridized carbons (Fsp3) is 0.706. The van der Waals surface area contributed by atoms with Crippen molar-refractivity contribution in [2.45, 2.75) is 12.1 Å². The first kappa shape index (κ1) is 16.7. The monoisotopic (exact) mass is 346 g/mol. The molecule has 8 heteroatoms. The van der Waals surface area contributed by atoms with Gasteiger partial charge in [0.05, 0.1) is 6.10 Å². The lowest BCUT2D eigenvalue weighted by molar-refractivity contribution is -0.149. The fourth-order valence-corrected chi connectivity index (χ4v) is 3.82. The van der Waals surface area contributed by atoms with Crippen LogP contribution in [0, 0.1) is 0 Å². The summed E-state index contributed by atoms with van der Waals surface area (Å²) in [6, 6.07) is 2.49. The molecular weight excluding hydrogens is 320 g/mol. The predicted molar refractivity (Wildman–Crippen MR) is 93.4 cm³/mol. The molecule has 0 N–H and O–H groups in total. The largest absolute Gasteiger partial charge is 0.365 e. The number of hydrogen-bond acceptors (Lipinski definition) is 7. The second kappa shape index (κ2) is 7.23. The summed E-state index contributed by atoms with van der Waals surface area (Å²) in [6.07, 6.45) is 3.75. The zero-order chi connectivity index (χ0) is 17.2. The van der Waals surface area contributed by atoms with Crippen LogP contribution in [0.1, 0.15) is 0 Å². The van der Waals surface area contributed by atoms with Crippen molar-refractivity contribution in [3.8, 4) is 0 Å². The fourth-order valence-electron chi connectivity index (χ4n) is 3.82. The second-order valence-electron chi connectivity index (χ2n) is 7.15. The highest BCUT2D eigenvalue weighted by molar-refractivity contribution is 5.77. The Morgan fingerprint density at radius 1 is 1.12 bits per heavy atom. The Bertz CT molecular complexity index is 586. The minimum absolute atomic E-state index is 0.0815. The summed E-state index contributed by atoms with van der Waals surface area (Å²) < 4.78 is 5.64. The number of rotatable bonds is 4. The van der Waals surface area contributed by atoms with Crippen LogP contribution >= 0.6 is 0 Å². The number of likely N-dealkylation sites (N-methyl/N-ethyl adjacent to an activating group) is 1. The van der Waals surface area contributed by atoms with Crippen molar-refractivity contribution in [2.75, 3.05) is 70.9 Å². The van der Waals surface area contributed by atoms with Crippen molar-refractivity contribution >= 4 is 11.9 Å². The Morgan fingerprint density at radius 2 is 1.84 bits per heavy atom. The summed E-state index contributed by atoms with van der Waals surface area (Å²) in [5, 5.41) is 0. The SMILES string of the molecule is CN1CC(CN2CC(N3CCN(c4ncccn4)CC3)C2)OCC1=O. The van der Waals surface area contributed by atoms with E-state index in [2.05, 4.69) is 24.7 Å². The van der Waals surface area contributed by atoms with Gasteiger partial charge in [0, 0.05) is 77.8 Å². The van der Waals surface area contributed by atoms with Gasteiger partial charge >= 0.3 is 0 Å². The molecule has 4 heterocycles. The minimum atomic E-state index is 0.0815. The number of carbonyl (C=O) groups excluding carboxylic acids is 1. The topological polar surface area (TPSA) is 65.0 Å². The highest BCUT2D eigenvalue weighted by Gasteiger charge is 2.36. The average Bonchev–Trinajstić information content (AvgIpc) is 2.62. The molecule has 8 nitrogen and oxygen atoms in total. The van der Waals surface area contributed by atoms with E-state index in [0.717, 1.165) is 51.8 Å². The maximum absolute atomic E-state index is 11.5. The van der Waals surface area contributed by atoms with E-state index in [-0.39, 0.29) is 18.6 Å². The van der Waals surface area contributed by atoms with E-state index in [1.807, 2.05) is 13.1 Å². The lowest BCUT2D eigenvalue weighted by Gasteiger charge is -2.49. The summed E-state index contributed by atoms with van der Waals surface area (Å²) in [5.74, 6) is 0.920. The number of morpholine rings is 1. The molecule has 3 fully saturated rings. The van der Waals surface area contributed by atoms with Gasteiger partial charge in [-0.25, -0.2) is 9.97 Å². The van der Waals surface area contributed by atoms with Crippen LogP contribution < -0.4 is 4.90 Å².